The summed E-state index contributed by atoms with van der Waals surface area (Å²) in [7, 11) is 0. The lowest BCUT2D eigenvalue weighted by Gasteiger charge is -2.45. The average Bonchev–Trinajstić information content (AvgIpc) is 3.07. The van der Waals surface area contributed by atoms with Crippen LogP contribution in [0, 0.1) is 19.8 Å². The predicted octanol–water partition coefficient (Wildman–Crippen LogP) is 4.30. The molecular formula is C25H27N3O. The highest BCUT2D eigenvalue weighted by Crippen LogP contribution is 2.55. The number of carbonyl (C=O) groups excluding carboxylic acids is 1. The van der Waals surface area contributed by atoms with E-state index in [2.05, 4.69) is 58.9 Å². The number of benzene rings is 2. The maximum absolute atomic E-state index is 12.5. The standard InChI is InChI=1S/C25H27N3O/c1-16-13-17(2)28(27-16)12-11-24(29)26-15-18-14-23-19-7-3-5-9-21(19)25(18)22-10-6-4-8-20(22)23/h3-10,13,18,23,25H,11-12,14-15H2,1-2H3,(H,26,29). The maximum Gasteiger partial charge on any atom is 0.221 e. The van der Waals surface area contributed by atoms with Crippen LogP contribution in [0.25, 0.3) is 0 Å². The highest BCUT2D eigenvalue weighted by molar-refractivity contribution is 5.75. The van der Waals surface area contributed by atoms with Crippen LogP contribution < -0.4 is 5.32 Å². The Morgan fingerprint density at radius 3 is 2.24 bits per heavy atom. The van der Waals surface area contributed by atoms with Crippen LogP contribution in [-0.2, 0) is 11.3 Å². The van der Waals surface area contributed by atoms with Crippen LogP contribution in [-0.4, -0.2) is 22.2 Å². The molecule has 1 heterocycles. The first-order valence-electron chi connectivity index (χ1n) is 10.6. The first kappa shape index (κ1) is 18.2. The number of nitrogens with zero attached hydrogens (tertiary/aromatic N) is 2. The minimum Gasteiger partial charge on any atom is -0.356 e. The molecule has 148 valence electrons. The smallest absolute Gasteiger partial charge is 0.221 e. The lowest BCUT2D eigenvalue weighted by molar-refractivity contribution is -0.121. The molecule has 0 fully saturated rings. The Bertz CT molecular complexity index is 1020. The van der Waals surface area contributed by atoms with Gasteiger partial charge in [-0.3, -0.25) is 9.48 Å². The summed E-state index contributed by atoms with van der Waals surface area (Å²) in [6.45, 7) is 5.39. The number of aryl methyl sites for hydroxylation is 3. The Labute approximate surface area is 172 Å². The fourth-order valence-electron chi connectivity index (χ4n) is 5.40. The van der Waals surface area contributed by atoms with Crippen LogP contribution in [0.2, 0.25) is 0 Å². The van der Waals surface area contributed by atoms with E-state index in [1.54, 1.807) is 0 Å². The number of nitrogens with one attached hydrogen (secondary N) is 1. The molecule has 0 radical (unpaired) electrons. The van der Waals surface area contributed by atoms with Crippen molar-refractivity contribution in [2.24, 2.45) is 5.92 Å². The molecule has 0 spiro atoms. The number of rotatable bonds is 5. The molecule has 4 nitrogen and oxygen atoms in total. The van der Waals surface area contributed by atoms with Gasteiger partial charge in [0.2, 0.25) is 5.91 Å². The molecule has 4 heteroatoms. The van der Waals surface area contributed by atoms with Crippen LogP contribution in [0.4, 0.5) is 0 Å². The second kappa shape index (κ2) is 7.18. The normalized spacial score (nSPS) is 21.5. The minimum absolute atomic E-state index is 0.112. The molecule has 1 aromatic heterocycles. The summed E-state index contributed by atoms with van der Waals surface area (Å²) in [6, 6.07) is 19.8. The third kappa shape index (κ3) is 3.17. The van der Waals surface area contributed by atoms with Crippen LogP contribution >= 0.6 is 0 Å². The van der Waals surface area contributed by atoms with Crippen molar-refractivity contribution < 1.29 is 4.79 Å². The number of fused-ring (bicyclic) bond motifs is 1. The minimum atomic E-state index is 0.112. The summed E-state index contributed by atoms with van der Waals surface area (Å²) in [5.74, 6) is 1.38. The quantitative estimate of drug-likeness (QED) is 0.712. The highest BCUT2D eigenvalue weighted by Gasteiger charge is 2.42. The van der Waals surface area contributed by atoms with Gasteiger partial charge in [-0.05, 0) is 54.5 Å². The average molecular weight is 386 g/mol. The number of hydrogen-bond donors (Lipinski definition) is 1. The van der Waals surface area contributed by atoms with Gasteiger partial charge in [-0.25, -0.2) is 0 Å². The molecule has 1 amide bonds. The number of amides is 1. The summed E-state index contributed by atoms with van der Waals surface area (Å²) in [6.07, 6.45) is 1.58. The Kier molecular flexibility index (Phi) is 4.50. The van der Waals surface area contributed by atoms with Crippen LogP contribution in [0.1, 0.15) is 58.3 Å². The summed E-state index contributed by atoms with van der Waals surface area (Å²) in [5, 5.41) is 7.67. The van der Waals surface area contributed by atoms with Crippen molar-refractivity contribution in [3.05, 3.63) is 88.2 Å². The summed E-state index contributed by atoms with van der Waals surface area (Å²) >= 11 is 0. The molecule has 6 rings (SSSR count). The SMILES string of the molecule is Cc1cc(C)n(CCC(=O)NCC2CC3c4ccccc4C2c2ccccc23)n1. The lowest BCUT2D eigenvalue weighted by atomic mass is 9.59. The van der Waals surface area contributed by atoms with Crippen molar-refractivity contribution in [3.63, 3.8) is 0 Å². The van der Waals surface area contributed by atoms with E-state index in [0.29, 0.717) is 30.7 Å². The molecule has 2 aromatic carbocycles. The Hall–Kier alpha value is -2.88. The zero-order valence-electron chi connectivity index (χ0n) is 17.1. The van der Waals surface area contributed by atoms with Gasteiger partial charge in [0.25, 0.3) is 0 Å². The topological polar surface area (TPSA) is 46.9 Å². The van der Waals surface area contributed by atoms with Gasteiger partial charge in [0, 0.05) is 37.0 Å². The van der Waals surface area contributed by atoms with Crippen molar-refractivity contribution in [2.45, 2.75) is 45.1 Å². The highest BCUT2D eigenvalue weighted by atomic mass is 16.1. The molecule has 2 bridgehead atoms. The van der Waals surface area contributed by atoms with Gasteiger partial charge in [0.1, 0.15) is 0 Å². The van der Waals surface area contributed by atoms with Gasteiger partial charge < -0.3 is 5.32 Å². The first-order chi connectivity index (χ1) is 14.1. The van der Waals surface area contributed by atoms with E-state index in [1.165, 1.54) is 22.3 Å². The molecule has 0 aliphatic heterocycles. The maximum atomic E-state index is 12.5. The molecule has 0 saturated carbocycles. The van der Waals surface area contributed by atoms with Crippen LogP contribution in [0.15, 0.2) is 54.6 Å². The van der Waals surface area contributed by atoms with E-state index in [0.717, 1.165) is 24.4 Å². The Morgan fingerprint density at radius 1 is 1.03 bits per heavy atom. The zero-order valence-corrected chi connectivity index (χ0v) is 17.1. The molecule has 3 aliphatic rings. The Morgan fingerprint density at radius 2 is 1.66 bits per heavy atom. The molecule has 1 N–H and O–H groups in total. The van der Waals surface area contributed by atoms with Crippen LogP contribution in [0.3, 0.4) is 0 Å². The molecule has 1 unspecified atom stereocenters. The van der Waals surface area contributed by atoms with Crippen LogP contribution in [0.5, 0.6) is 0 Å². The number of aromatic nitrogens is 2. The summed E-state index contributed by atoms with van der Waals surface area (Å²) < 4.78 is 1.92. The third-order valence-electron chi connectivity index (χ3n) is 6.64. The van der Waals surface area contributed by atoms with E-state index in [1.807, 2.05) is 24.6 Å². The van der Waals surface area contributed by atoms with Gasteiger partial charge in [0.15, 0.2) is 0 Å². The van der Waals surface area contributed by atoms with Gasteiger partial charge in [-0.2, -0.15) is 5.10 Å². The van der Waals surface area contributed by atoms with E-state index in [9.17, 15) is 4.79 Å². The van der Waals surface area contributed by atoms with E-state index in [-0.39, 0.29) is 5.91 Å². The first-order valence-corrected chi connectivity index (χ1v) is 10.6. The van der Waals surface area contributed by atoms with E-state index >= 15 is 0 Å². The number of hydrogen-bond acceptors (Lipinski definition) is 2. The van der Waals surface area contributed by atoms with Gasteiger partial charge in [0.05, 0.1) is 5.69 Å². The zero-order chi connectivity index (χ0) is 20.0. The summed E-state index contributed by atoms with van der Waals surface area (Å²) in [4.78, 5) is 12.5. The molecule has 1 atom stereocenters. The van der Waals surface area contributed by atoms with E-state index in [4.69, 9.17) is 0 Å². The molecular weight excluding hydrogens is 358 g/mol. The molecule has 29 heavy (non-hydrogen) atoms. The lowest BCUT2D eigenvalue weighted by Crippen LogP contribution is -2.39. The summed E-state index contributed by atoms with van der Waals surface area (Å²) in [5.41, 5.74) is 7.95. The van der Waals surface area contributed by atoms with Crippen molar-refractivity contribution in [3.8, 4) is 0 Å². The van der Waals surface area contributed by atoms with Crippen molar-refractivity contribution in [1.82, 2.24) is 15.1 Å². The van der Waals surface area contributed by atoms with Crippen molar-refractivity contribution in [1.29, 1.82) is 0 Å². The molecule has 3 aromatic rings. The Balaban J connectivity index is 1.29. The molecule has 0 saturated heterocycles. The monoisotopic (exact) mass is 385 g/mol. The van der Waals surface area contributed by atoms with Crippen molar-refractivity contribution >= 4 is 5.91 Å². The fourth-order valence-corrected chi connectivity index (χ4v) is 5.40. The molecule has 3 aliphatic carbocycles. The second-order valence-electron chi connectivity index (χ2n) is 8.49. The third-order valence-corrected chi connectivity index (χ3v) is 6.64. The van der Waals surface area contributed by atoms with E-state index < -0.39 is 0 Å². The van der Waals surface area contributed by atoms with Gasteiger partial charge in [-0.1, -0.05) is 48.5 Å². The second-order valence-corrected chi connectivity index (χ2v) is 8.49. The predicted molar refractivity (Wildman–Crippen MR) is 114 cm³/mol. The van der Waals surface area contributed by atoms with Crippen molar-refractivity contribution in [2.75, 3.05) is 6.54 Å². The fraction of sp³-hybridized carbons (Fsp3) is 0.360. The van der Waals surface area contributed by atoms with Gasteiger partial charge in [-0.15, -0.1) is 0 Å². The number of carbonyl (C=O) groups is 1. The van der Waals surface area contributed by atoms with Gasteiger partial charge >= 0.3 is 0 Å². The largest absolute Gasteiger partial charge is 0.356 e.